The summed E-state index contributed by atoms with van der Waals surface area (Å²) < 4.78 is 42.5. The van der Waals surface area contributed by atoms with Crippen LogP contribution in [0.4, 0.5) is 8.78 Å². The summed E-state index contributed by atoms with van der Waals surface area (Å²) in [7, 11) is 0. The third-order valence-electron chi connectivity index (χ3n) is 4.67. The van der Waals surface area contributed by atoms with E-state index in [9.17, 15) is 8.78 Å². The van der Waals surface area contributed by atoms with Gasteiger partial charge in [-0.2, -0.15) is 8.78 Å². The molecule has 0 aliphatic rings. The van der Waals surface area contributed by atoms with Gasteiger partial charge in [-0.25, -0.2) is 9.97 Å². The first-order chi connectivity index (χ1) is 14.8. The molecular weight excluding hydrogens is 370 g/mol. The second-order valence-electron chi connectivity index (χ2n) is 7.03. The Morgan fingerprint density at radius 2 is 1.14 bits per heavy atom. The van der Waals surface area contributed by atoms with E-state index in [1.165, 1.54) is 24.3 Å². The van der Waals surface area contributed by atoms with Crippen molar-refractivity contribution in [3.05, 3.63) is 96.3 Å². The van der Waals surface area contributed by atoms with Crippen molar-refractivity contribution < 1.29 is 11.5 Å². The highest BCUT2D eigenvalue weighted by Gasteiger charge is 2.27. The Kier molecular flexibility index (Phi) is 4.23. The second-order valence-corrected chi connectivity index (χ2v) is 7.03. The molecule has 6 heteroatoms. The zero-order chi connectivity index (χ0) is 22.2. The molecule has 0 fully saturated rings. The monoisotopic (exact) mass is 390 g/mol. The predicted octanol–water partition coefficient (Wildman–Crippen LogP) is 5.20. The van der Waals surface area contributed by atoms with Crippen LogP contribution in [0.3, 0.4) is 0 Å². The smallest absolute Gasteiger partial charge is 0.212 e. The van der Waals surface area contributed by atoms with Gasteiger partial charge in [0.1, 0.15) is 0 Å². The maximum Gasteiger partial charge on any atom is 0.212 e. The molecule has 0 N–H and O–H groups in total. The van der Waals surface area contributed by atoms with E-state index < -0.39 is 17.3 Å². The first kappa shape index (κ1) is 16.4. The molecule has 0 aliphatic carbocycles. The van der Waals surface area contributed by atoms with Gasteiger partial charge in [0.15, 0.2) is 0 Å². The summed E-state index contributed by atoms with van der Waals surface area (Å²) in [6, 6.07) is 16.2. The SMILES string of the molecule is [2H]c1nc(F)ccc1-c1cccc(C(C)(C)c2cccc(-c3ccc(F)nc3[2H])n2)n1. The lowest BCUT2D eigenvalue weighted by Gasteiger charge is -2.24. The van der Waals surface area contributed by atoms with E-state index in [1.54, 1.807) is 12.1 Å². The van der Waals surface area contributed by atoms with E-state index in [0.29, 0.717) is 33.9 Å². The molecule has 4 rings (SSSR count). The average molecular weight is 390 g/mol. The minimum Gasteiger partial charge on any atom is -0.252 e. The van der Waals surface area contributed by atoms with Crippen LogP contribution >= 0.6 is 0 Å². The molecule has 0 saturated heterocycles. The van der Waals surface area contributed by atoms with Crippen LogP contribution in [0.15, 0.2) is 73.0 Å². The van der Waals surface area contributed by atoms with Gasteiger partial charge in [-0.1, -0.05) is 12.1 Å². The van der Waals surface area contributed by atoms with E-state index in [4.69, 9.17) is 12.7 Å². The van der Waals surface area contributed by atoms with Crippen molar-refractivity contribution in [2.75, 3.05) is 0 Å². The lowest BCUT2D eigenvalue weighted by molar-refractivity contribution is 0.583. The number of pyridine rings is 4. The first-order valence-electron chi connectivity index (χ1n) is 9.98. The number of hydrogen-bond donors (Lipinski definition) is 0. The van der Waals surface area contributed by atoms with Crippen LogP contribution in [-0.4, -0.2) is 19.9 Å². The van der Waals surface area contributed by atoms with Crippen LogP contribution in [0.5, 0.6) is 0 Å². The van der Waals surface area contributed by atoms with Crippen LogP contribution < -0.4 is 0 Å². The van der Waals surface area contributed by atoms with Gasteiger partial charge in [-0.15, -0.1) is 0 Å². The van der Waals surface area contributed by atoms with Gasteiger partial charge in [-0.05, 0) is 62.4 Å². The summed E-state index contributed by atoms with van der Waals surface area (Å²) >= 11 is 0. The van der Waals surface area contributed by atoms with Gasteiger partial charge >= 0.3 is 0 Å². The molecule has 0 saturated carbocycles. The quantitative estimate of drug-likeness (QED) is 0.449. The van der Waals surface area contributed by atoms with Crippen LogP contribution in [0, 0.1) is 11.9 Å². The molecule has 4 aromatic rings. The molecule has 144 valence electrons. The van der Waals surface area contributed by atoms with Crippen molar-refractivity contribution in [2.24, 2.45) is 0 Å². The number of hydrogen-bond acceptors (Lipinski definition) is 4. The zero-order valence-corrected chi connectivity index (χ0v) is 15.8. The van der Waals surface area contributed by atoms with Gasteiger partial charge in [-0.3, -0.25) is 9.97 Å². The van der Waals surface area contributed by atoms with Crippen LogP contribution in [0.2, 0.25) is 0 Å². The largest absolute Gasteiger partial charge is 0.252 e. The Morgan fingerprint density at radius 1 is 0.690 bits per heavy atom. The molecule has 0 unspecified atom stereocenters. The maximum atomic E-state index is 13.3. The third-order valence-corrected chi connectivity index (χ3v) is 4.67. The van der Waals surface area contributed by atoms with Gasteiger partial charge in [0.2, 0.25) is 11.9 Å². The molecule has 29 heavy (non-hydrogen) atoms. The Morgan fingerprint density at radius 3 is 1.55 bits per heavy atom. The topological polar surface area (TPSA) is 51.6 Å². The standard InChI is InChI=1S/C23H18F2N4/c1-23(2,19-7-3-5-17(28-19)15-9-11-21(24)26-13-15)20-8-4-6-18(29-20)16-10-12-22(25)27-14-16/h3-14H,1-2H3/i13D,14D. The molecule has 0 radical (unpaired) electrons. The second kappa shape index (κ2) is 7.47. The molecule has 0 atom stereocenters. The highest BCUT2D eigenvalue weighted by Crippen LogP contribution is 2.31. The van der Waals surface area contributed by atoms with Gasteiger partial charge in [0, 0.05) is 28.9 Å². The molecule has 0 aliphatic heterocycles. The van der Waals surface area contributed by atoms with Crippen LogP contribution in [0.1, 0.15) is 28.0 Å². The van der Waals surface area contributed by atoms with Gasteiger partial charge in [0.25, 0.3) is 0 Å². The highest BCUT2D eigenvalue weighted by molar-refractivity contribution is 5.59. The maximum absolute atomic E-state index is 13.3. The number of nitrogens with zero attached hydrogens (tertiary/aromatic N) is 4. The summed E-state index contributed by atoms with van der Waals surface area (Å²) in [5.41, 5.74) is 2.64. The molecule has 0 aromatic carbocycles. The third kappa shape index (κ3) is 3.87. The van der Waals surface area contributed by atoms with Gasteiger partial charge in [0.05, 0.1) is 25.5 Å². The fourth-order valence-corrected chi connectivity index (χ4v) is 2.96. The summed E-state index contributed by atoms with van der Waals surface area (Å²) in [4.78, 5) is 16.5. The average Bonchev–Trinajstić information content (AvgIpc) is 2.74. The van der Waals surface area contributed by atoms with Crippen molar-refractivity contribution in [1.82, 2.24) is 19.9 Å². The van der Waals surface area contributed by atoms with Crippen molar-refractivity contribution in [1.29, 1.82) is 0 Å². The van der Waals surface area contributed by atoms with Crippen molar-refractivity contribution in [2.45, 2.75) is 19.3 Å². The van der Waals surface area contributed by atoms with Crippen LogP contribution in [-0.2, 0) is 5.41 Å². The zero-order valence-electron chi connectivity index (χ0n) is 17.8. The van der Waals surface area contributed by atoms with Gasteiger partial charge < -0.3 is 0 Å². The van der Waals surface area contributed by atoms with Crippen LogP contribution in [0.25, 0.3) is 22.5 Å². The highest BCUT2D eigenvalue weighted by atomic mass is 19.1. The Bertz CT molecular complexity index is 1180. The van der Waals surface area contributed by atoms with E-state index in [2.05, 4.69) is 9.97 Å². The van der Waals surface area contributed by atoms with Crippen molar-refractivity contribution >= 4 is 0 Å². The van der Waals surface area contributed by atoms with Crippen molar-refractivity contribution in [3.8, 4) is 22.5 Å². The molecule has 4 nitrogen and oxygen atoms in total. The van der Waals surface area contributed by atoms with E-state index in [-0.39, 0.29) is 12.3 Å². The lowest BCUT2D eigenvalue weighted by Crippen LogP contribution is -2.22. The summed E-state index contributed by atoms with van der Waals surface area (Å²) in [5.74, 6) is -1.43. The van der Waals surface area contributed by atoms with Crippen molar-refractivity contribution in [3.63, 3.8) is 0 Å². The van der Waals surface area contributed by atoms with E-state index in [1.807, 2.05) is 38.1 Å². The molecular formula is C23H18F2N4. The minimum absolute atomic E-state index is 0.186. The predicted molar refractivity (Wildman–Crippen MR) is 107 cm³/mol. The minimum atomic E-state index is -0.713. The number of rotatable bonds is 4. The fraction of sp³-hybridized carbons (Fsp3) is 0.130. The molecule has 4 heterocycles. The molecule has 4 aromatic heterocycles. The van der Waals surface area contributed by atoms with E-state index in [0.717, 1.165) is 0 Å². The molecule has 0 spiro atoms. The summed E-state index contributed by atoms with van der Waals surface area (Å²) in [6.07, 6.45) is -0.372. The summed E-state index contributed by atoms with van der Waals surface area (Å²) in [5, 5.41) is 0. The number of aromatic nitrogens is 4. The summed E-state index contributed by atoms with van der Waals surface area (Å²) in [6.45, 7) is 3.92. The number of halogens is 2. The Hall–Kier alpha value is -3.54. The molecule has 0 amide bonds. The first-order valence-corrected chi connectivity index (χ1v) is 8.98. The van der Waals surface area contributed by atoms with E-state index >= 15 is 0 Å². The lowest BCUT2D eigenvalue weighted by atomic mass is 9.84. The Balaban J connectivity index is 1.75. The Labute approximate surface area is 170 Å². The molecule has 0 bridgehead atoms. The fourth-order valence-electron chi connectivity index (χ4n) is 2.96. The normalized spacial score (nSPS) is 12.4.